The summed E-state index contributed by atoms with van der Waals surface area (Å²) in [6.07, 6.45) is 3.25. The lowest BCUT2D eigenvalue weighted by Gasteiger charge is -2.06. The van der Waals surface area contributed by atoms with Crippen LogP contribution in [0.15, 0.2) is 18.2 Å². The van der Waals surface area contributed by atoms with Crippen LogP contribution in [0.3, 0.4) is 0 Å². The van der Waals surface area contributed by atoms with Gasteiger partial charge in [0.15, 0.2) is 0 Å². The first kappa shape index (κ1) is 10.3. The molecule has 0 saturated heterocycles. The minimum atomic E-state index is -0.0877. The van der Waals surface area contributed by atoms with Gasteiger partial charge in [0, 0.05) is 0 Å². The zero-order valence-corrected chi connectivity index (χ0v) is 8.47. The van der Waals surface area contributed by atoms with Crippen LogP contribution in [-0.4, -0.2) is 0 Å². The Morgan fingerprint density at radius 1 is 1.15 bits per heavy atom. The standard InChI is InChI=1S/C12H17O/c1-3-5-10-6-7-12(9-13)11(4-2)8-10/h6-8H,3-5,9H2,1-2H3. The van der Waals surface area contributed by atoms with Crippen molar-refractivity contribution in [3.63, 3.8) is 0 Å². The molecule has 0 fully saturated rings. The molecule has 0 unspecified atom stereocenters. The van der Waals surface area contributed by atoms with Crippen molar-refractivity contribution in [2.45, 2.75) is 39.7 Å². The van der Waals surface area contributed by atoms with E-state index in [4.69, 9.17) is 0 Å². The molecule has 0 heterocycles. The fourth-order valence-corrected chi connectivity index (χ4v) is 1.59. The molecule has 1 aromatic carbocycles. The molecular weight excluding hydrogens is 160 g/mol. The highest BCUT2D eigenvalue weighted by Gasteiger charge is 2.01. The molecule has 1 rings (SSSR count). The van der Waals surface area contributed by atoms with Crippen molar-refractivity contribution >= 4 is 0 Å². The van der Waals surface area contributed by atoms with Crippen LogP contribution in [0, 0.1) is 0 Å². The fraction of sp³-hybridized carbons (Fsp3) is 0.500. The Hall–Kier alpha value is -0.820. The number of benzene rings is 1. The number of hydrogen-bond donors (Lipinski definition) is 0. The average Bonchev–Trinajstić information content (AvgIpc) is 2.18. The first-order chi connectivity index (χ1) is 6.31. The van der Waals surface area contributed by atoms with Gasteiger partial charge in [-0.15, -0.1) is 0 Å². The lowest BCUT2D eigenvalue weighted by atomic mass is 10.0. The molecule has 13 heavy (non-hydrogen) atoms. The highest BCUT2D eigenvalue weighted by atomic mass is 16.3. The molecule has 0 aromatic heterocycles. The highest BCUT2D eigenvalue weighted by Crippen LogP contribution is 2.14. The van der Waals surface area contributed by atoms with Gasteiger partial charge in [0.05, 0.1) is 0 Å². The largest absolute Gasteiger partial charge is 0.232 e. The van der Waals surface area contributed by atoms with E-state index in [0.717, 1.165) is 18.4 Å². The number of rotatable bonds is 4. The second kappa shape index (κ2) is 5.03. The van der Waals surface area contributed by atoms with Gasteiger partial charge in [-0.05, 0) is 29.5 Å². The lowest BCUT2D eigenvalue weighted by molar-refractivity contribution is 0.177. The van der Waals surface area contributed by atoms with Crippen molar-refractivity contribution in [3.8, 4) is 0 Å². The Kier molecular flexibility index (Phi) is 3.97. The Morgan fingerprint density at radius 3 is 2.46 bits per heavy atom. The van der Waals surface area contributed by atoms with Crippen molar-refractivity contribution in [2.75, 3.05) is 0 Å². The van der Waals surface area contributed by atoms with Gasteiger partial charge in [0.25, 0.3) is 0 Å². The first-order valence-corrected chi connectivity index (χ1v) is 5.00. The molecule has 0 amide bonds. The van der Waals surface area contributed by atoms with E-state index in [1.165, 1.54) is 17.5 Å². The Bertz CT molecular complexity index is 266. The molecule has 0 aliphatic heterocycles. The maximum absolute atomic E-state index is 10.8. The molecule has 0 aliphatic carbocycles. The zero-order chi connectivity index (χ0) is 9.68. The summed E-state index contributed by atoms with van der Waals surface area (Å²) in [7, 11) is 0. The van der Waals surface area contributed by atoms with Crippen LogP contribution in [0.25, 0.3) is 0 Å². The Labute approximate surface area is 80.4 Å². The van der Waals surface area contributed by atoms with Crippen LogP contribution in [0.5, 0.6) is 0 Å². The molecule has 0 aliphatic rings. The van der Waals surface area contributed by atoms with Crippen molar-refractivity contribution < 1.29 is 5.11 Å². The summed E-state index contributed by atoms with van der Waals surface area (Å²) >= 11 is 0. The molecule has 1 aromatic rings. The molecule has 0 N–H and O–H groups in total. The van der Waals surface area contributed by atoms with Crippen LogP contribution in [0.1, 0.15) is 37.0 Å². The summed E-state index contributed by atoms with van der Waals surface area (Å²) in [5.74, 6) is 0. The SMILES string of the molecule is CCCc1ccc(C[O])c(CC)c1. The van der Waals surface area contributed by atoms with Gasteiger partial charge in [-0.2, -0.15) is 0 Å². The Balaban J connectivity index is 2.91. The molecule has 0 spiro atoms. The van der Waals surface area contributed by atoms with Gasteiger partial charge in [-0.25, -0.2) is 5.11 Å². The normalized spacial score (nSPS) is 10.4. The Morgan fingerprint density at radius 2 is 1.92 bits per heavy atom. The summed E-state index contributed by atoms with van der Waals surface area (Å²) in [5, 5.41) is 10.8. The fourth-order valence-electron chi connectivity index (χ4n) is 1.59. The zero-order valence-electron chi connectivity index (χ0n) is 8.47. The van der Waals surface area contributed by atoms with Crippen LogP contribution >= 0.6 is 0 Å². The van der Waals surface area contributed by atoms with Crippen molar-refractivity contribution in [1.82, 2.24) is 0 Å². The van der Waals surface area contributed by atoms with Crippen LogP contribution in [0.4, 0.5) is 0 Å². The monoisotopic (exact) mass is 177 g/mol. The van der Waals surface area contributed by atoms with E-state index in [9.17, 15) is 5.11 Å². The topological polar surface area (TPSA) is 19.9 Å². The van der Waals surface area contributed by atoms with Crippen LogP contribution < -0.4 is 0 Å². The number of hydrogen-bond acceptors (Lipinski definition) is 0. The van der Waals surface area contributed by atoms with E-state index < -0.39 is 0 Å². The predicted octanol–water partition coefficient (Wildman–Crippen LogP) is 3.13. The van der Waals surface area contributed by atoms with Gasteiger partial charge >= 0.3 is 0 Å². The molecule has 0 saturated carbocycles. The van der Waals surface area contributed by atoms with Gasteiger partial charge in [-0.3, -0.25) is 0 Å². The average molecular weight is 177 g/mol. The van der Waals surface area contributed by atoms with E-state index >= 15 is 0 Å². The van der Waals surface area contributed by atoms with Crippen LogP contribution in [0.2, 0.25) is 0 Å². The van der Waals surface area contributed by atoms with E-state index in [2.05, 4.69) is 26.0 Å². The molecular formula is C12H17O. The van der Waals surface area contributed by atoms with Gasteiger partial charge in [0.2, 0.25) is 0 Å². The summed E-state index contributed by atoms with van der Waals surface area (Å²) < 4.78 is 0. The smallest absolute Gasteiger partial charge is 0.108 e. The van der Waals surface area contributed by atoms with E-state index in [1.54, 1.807) is 0 Å². The van der Waals surface area contributed by atoms with Crippen LogP contribution in [-0.2, 0) is 24.6 Å². The summed E-state index contributed by atoms with van der Waals surface area (Å²) in [6, 6.07) is 6.24. The van der Waals surface area contributed by atoms with Crippen molar-refractivity contribution in [2.24, 2.45) is 0 Å². The molecule has 1 heteroatoms. The number of aryl methyl sites for hydroxylation is 2. The maximum Gasteiger partial charge on any atom is 0.108 e. The van der Waals surface area contributed by atoms with Gasteiger partial charge in [0.1, 0.15) is 6.61 Å². The van der Waals surface area contributed by atoms with E-state index in [-0.39, 0.29) is 6.61 Å². The lowest BCUT2D eigenvalue weighted by Crippen LogP contribution is -1.94. The third-order valence-electron chi connectivity index (χ3n) is 2.35. The minimum Gasteiger partial charge on any atom is -0.232 e. The van der Waals surface area contributed by atoms with E-state index in [0.29, 0.717) is 0 Å². The molecule has 1 nitrogen and oxygen atoms in total. The quantitative estimate of drug-likeness (QED) is 0.673. The van der Waals surface area contributed by atoms with Crippen molar-refractivity contribution in [1.29, 1.82) is 0 Å². The summed E-state index contributed by atoms with van der Waals surface area (Å²) in [6.45, 7) is 4.19. The molecule has 1 radical (unpaired) electrons. The second-order valence-electron chi connectivity index (χ2n) is 3.35. The third-order valence-corrected chi connectivity index (χ3v) is 2.35. The third kappa shape index (κ3) is 2.56. The highest BCUT2D eigenvalue weighted by molar-refractivity contribution is 5.31. The predicted molar refractivity (Wildman–Crippen MR) is 54.2 cm³/mol. The minimum absolute atomic E-state index is 0.0877. The van der Waals surface area contributed by atoms with Crippen molar-refractivity contribution in [3.05, 3.63) is 34.9 Å². The summed E-state index contributed by atoms with van der Waals surface area (Å²) in [4.78, 5) is 0. The first-order valence-electron chi connectivity index (χ1n) is 5.00. The van der Waals surface area contributed by atoms with E-state index in [1.807, 2.05) is 6.07 Å². The molecule has 0 atom stereocenters. The van der Waals surface area contributed by atoms with Gasteiger partial charge in [-0.1, -0.05) is 38.5 Å². The second-order valence-corrected chi connectivity index (χ2v) is 3.35. The molecule has 0 bridgehead atoms. The van der Waals surface area contributed by atoms with Gasteiger partial charge < -0.3 is 0 Å². The maximum atomic E-state index is 10.8. The molecule has 71 valence electrons. The summed E-state index contributed by atoms with van der Waals surface area (Å²) in [5.41, 5.74) is 3.54.